The van der Waals surface area contributed by atoms with Gasteiger partial charge in [-0.25, -0.2) is 14.5 Å². The highest BCUT2D eigenvalue weighted by Crippen LogP contribution is 2.25. The lowest BCUT2D eigenvalue weighted by molar-refractivity contribution is -0.180. The molecular formula is C26H35N5O9. The number of rotatable bonds is 15. The standard InChI is InChI=1S/C26H35N5O9/c1-14(2)10-17(28)22(35)29-13-20(33)31(26(24(37)38,25(39)40)21(34)15(3)4)23(36)18(30-19(32)12-27)11-16-8-6-5-7-9-16/h5-9,14,17-18H,3,10-13,27-28H2,1-2,4H3,(H,29,35)(H,30,32)(H,37,38)(H,39,40)/t17-,18-/m0/s1. The Balaban J connectivity index is 3.73. The molecule has 0 heterocycles. The number of nitrogens with two attached hydrogens (primary N) is 2. The topological polar surface area (TPSA) is 239 Å². The van der Waals surface area contributed by atoms with E-state index in [4.69, 9.17) is 11.5 Å². The van der Waals surface area contributed by atoms with Crippen molar-refractivity contribution in [2.24, 2.45) is 17.4 Å². The molecule has 1 aromatic carbocycles. The molecule has 1 aromatic rings. The largest absolute Gasteiger partial charge is 0.479 e. The van der Waals surface area contributed by atoms with E-state index < -0.39 is 77.6 Å². The van der Waals surface area contributed by atoms with Gasteiger partial charge in [0.15, 0.2) is 0 Å². The van der Waals surface area contributed by atoms with Gasteiger partial charge in [-0.2, -0.15) is 0 Å². The number of carboxylic acids is 2. The first kappa shape index (κ1) is 33.6. The number of Topliss-reactive ketones (excluding diaryl/α,β-unsaturated/α-hetero) is 1. The van der Waals surface area contributed by atoms with Crippen molar-refractivity contribution in [3.05, 3.63) is 48.0 Å². The lowest BCUT2D eigenvalue weighted by atomic mass is 9.86. The first-order valence-electron chi connectivity index (χ1n) is 12.2. The van der Waals surface area contributed by atoms with E-state index in [9.17, 15) is 43.8 Å². The van der Waals surface area contributed by atoms with Gasteiger partial charge >= 0.3 is 17.5 Å². The molecule has 2 atom stereocenters. The third-order valence-electron chi connectivity index (χ3n) is 5.72. The highest BCUT2D eigenvalue weighted by atomic mass is 16.4. The van der Waals surface area contributed by atoms with Gasteiger partial charge in [0.2, 0.25) is 23.5 Å². The second-order valence-electron chi connectivity index (χ2n) is 9.47. The van der Waals surface area contributed by atoms with Crippen molar-refractivity contribution in [3.63, 3.8) is 0 Å². The molecule has 1 rings (SSSR count). The first-order chi connectivity index (χ1) is 18.6. The van der Waals surface area contributed by atoms with Gasteiger partial charge in [-0.3, -0.25) is 24.0 Å². The summed E-state index contributed by atoms with van der Waals surface area (Å²) in [6.07, 6.45) is -0.118. The summed E-state index contributed by atoms with van der Waals surface area (Å²) in [5.74, 6) is -11.3. The van der Waals surface area contributed by atoms with E-state index in [1.807, 2.05) is 0 Å². The van der Waals surface area contributed by atoms with Gasteiger partial charge in [0.25, 0.3) is 5.91 Å². The van der Waals surface area contributed by atoms with E-state index in [1.165, 1.54) is 0 Å². The van der Waals surface area contributed by atoms with Gasteiger partial charge in [0.05, 0.1) is 19.1 Å². The molecule has 8 N–H and O–H groups in total. The maximum atomic E-state index is 13.9. The van der Waals surface area contributed by atoms with Crippen molar-refractivity contribution in [1.29, 1.82) is 0 Å². The van der Waals surface area contributed by atoms with Crippen LogP contribution >= 0.6 is 0 Å². The van der Waals surface area contributed by atoms with Crippen molar-refractivity contribution >= 4 is 41.4 Å². The lowest BCUT2D eigenvalue weighted by Gasteiger charge is -2.36. The zero-order chi connectivity index (χ0) is 30.8. The van der Waals surface area contributed by atoms with E-state index in [-0.39, 0.29) is 23.7 Å². The molecule has 14 nitrogen and oxygen atoms in total. The summed E-state index contributed by atoms with van der Waals surface area (Å²) in [7, 11) is 0. The normalized spacial score (nSPS) is 12.6. The van der Waals surface area contributed by atoms with Gasteiger partial charge in [0.1, 0.15) is 6.04 Å². The highest BCUT2D eigenvalue weighted by Gasteiger charge is 2.63. The van der Waals surface area contributed by atoms with Crippen molar-refractivity contribution < 1.29 is 43.8 Å². The summed E-state index contributed by atoms with van der Waals surface area (Å²) >= 11 is 0. The van der Waals surface area contributed by atoms with Crippen molar-refractivity contribution in [2.45, 2.75) is 51.2 Å². The van der Waals surface area contributed by atoms with Crippen LogP contribution in [0.25, 0.3) is 0 Å². The first-order valence-corrected chi connectivity index (χ1v) is 12.2. The van der Waals surface area contributed by atoms with Crippen LogP contribution in [0, 0.1) is 5.92 Å². The Morgan fingerprint density at radius 3 is 2.02 bits per heavy atom. The Hall–Kier alpha value is -4.43. The van der Waals surface area contributed by atoms with Crippen LogP contribution < -0.4 is 22.1 Å². The fourth-order valence-corrected chi connectivity index (χ4v) is 3.81. The van der Waals surface area contributed by atoms with Crippen LogP contribution in [0.15, 0.2) is 42.5 Å². The number of hydrogen-bond donors (Lipinski definition) is 6. The molecule has 0 saturated heterocycles. The number of hydrogen-bond acceptors (Lipinski definition) is 9. The summed E-state index contributed by atoms with van der Waals surface area (Å²) in [5.41, 5.74) is 7.17. The molecule has 14 heteroatoms. The third-order valence-corrected chi connectivity index (χ3v) is 5.72. The average molecular weight is 562 g/mol. The maximum absolute atomic E-state index is 13.9. The van der Waals surface area contributed by atoms with E-state index in [0.29, 0.717) is 5.56 Å². The Morgan fingerprint density at radius 1 is 1.02 bits per heavy atom. The monoisotopic (exact) mass is 561 g/mol. The van der Waals surface area contributed by atoms with Crippen LogP contribution in [-0.2, 0) is 40.0 Å². The minimum absolute atomic E-state index is 0.000660. The Labute approximate surface area is 230 Å². The van der Waals surface area contributed by atoms with Crippen molar-refractivity contribution in [2.75, 3.05) is 13.1 Å². The fourth-order valence-electron chi connectivity index (χ4n) is 3.81. The minimum atomic E-state index is -3.81. The second kappa shape index (κ2) is 14.6. The number of carboxylic acid groups (broad SMARTS) is 2. The van der Waals surface area contributed by atoms with Crippen LogP contribution in [0.5, 0.6) is 0 Å². The SMILES string of the molecule is C=C(C)C(=O)C(C(=O)O)(C(=O)O)N(C(=O)CNC(=O)[C@@H](N)CC(C)C)C(=O)[C@H](Cc1ccccc1)NC(=O)CN. The molecule has 0 saturated carbocycles. The number of nitrogens with one attached hydrogen (secondary N) is 2. The summed E-state index contributed by atoms with van der Waals surface area (Å²) in [4.78, 5) is 89.7. The predicted octanol–water partition coefficient (Wildman–Crippen LogP) is -1.43. The average Bonchev–Trinajstić information content (AvgIpc) is 2.88. The summed E-state index contributed by atoms with van der Waals surface area (Å²) in [5, 5.41) is 24.5. The van der Waals surface area contributed by atoms with Crippen LogP contribution in [0.4, 0.5) is 0 Å². The number of aliphatic carboxylic acids is 2. The zero-order valence-corrected chi connectivity index (χ0v) is 22.5. The molecule has 0 radical (unpaired) electrons. The quantitative estimate of drug-likeness (QED) is 0.107. The summed E-state index contributed by atoms with van der Waals surface area (Å²) in [6, 6.07) is 5.15. The fraction of sp³-hybridized carbons (Fsp3) is 0.423. The third kappa shape index (κ3) is 8.04. The Kier molecular flexibility index (Phi) is 12.3. The number of amides is 4. The van der Waals surface area contributed by atoms with E-state index in [1.54, 1.807) is 44.2 Å². The summed E-state index contributed by atoms with van der Waals surface area (Å²) < 4.78 is 0. The van der Waals surface area contributed by atoms with E-state index in [2.05, 4.69) is 17.2 Å². The van der Waals surface area contributed by atoms with E-state index >= 15 is 0 Å². The molecule has 0 aliphatic carbocycles. The number of benzene rings is 1. The Morgan fingerprint density at radius 2 is 1.57 bits per heavy atom. The summed E-state index contributed by atoms with van der Waals surface area (Å²) in [6.45, 7) is 6.17. The Bertz CT molecular complexity index is 1150. The number of nitrogens with zero attached hydrogens (tertiary/aromatic N) is 1. The smallest absolute Gasteiger partial charge is 0.350 e. The number of carbonyl (C=O) groups is 7. The van der Waals surface area contributed by atoms with Crippen molar-refractivity contribution in [1.82, 2.24) is 15.5 Å². The van der Waals surface area contributed by atoms with Crippen molar-refractivity contribution in [3.8, 4) is 0 Å². The molecule has 0 spiro atoms. The molecule has 218 valence electrons. The van der Waals surface area contributed by atoms with Crippen LogP contribution in [0.3, 0.4) is 0 Å². The van der Waals surface area contributed by atoms with Gasteiger partial charge in [-0.1, -0.05) is 50.8 Å². The molecule has 0 fully saturated rings. The van der Waals surface area contributed by atoms with E-state index in [0.717, 1.165) is 6.92 Å². The molecule has 0 bridgehead atoms. The molecular weight excluding hydrogens is 526 g/mol. The number of imide groups is 1. The molecule has 0 aromatic heterocycles. The second-order valence-corrected chi connectivity index (χ2v) is 9.47. The number of ketones is 1. The number of carbonyl (C=O) groups excluding carboxylic acids is 5. The van der Waals surface area contributed by atoms with Crippen LogP contribution in [0.2, 0.25) is 0 Å². The van der Waals surface area contributed by atoms with Gasteiger partial charge in [0, 0.05) is 6.42 Å². The van der Waals surface area contributed by atoms with Gasteiger partial charge in [-0.15, -0.1) is 0 Å². The molecule has 0 aliphatic heterocycles. The zero-order valence-electron chi connectivity index (χ0n) is 22.5. The van der Waals surface area contributed by atoms with Crippen LogP contribution in [0.1, 0.15) is 32.8 Å². The highest BCUT2D eigenvalue weighted by molar-refractivity contribution is 6.33. The van der Waals surface area contributed by atoms with Crippen LogP contribution in [-0.4, -0.2) is 87.2 Å². The lowest BCUT2D eigenvalue weighted by Crippen LogP contribution is -2.72. The molecule has 40 heavy (non-hydrogen) atoms. The van der Waals surface area contributed by atoms with Gasteiger partial charge < -0.3 is 32.3 Å². The molecule has 4 amide bonds. The molecule has 0 unspecified atom stereocenters. The predicted molar refractivity (Wildman–Crippen MR) is 141 cm³/mol. The van der Waals surface area contributed by atoms with Gasteiger partial charge in [-0.05, 0) is 30.4 Å². The minimum Gasteiger partial charge on any atom is -0.479 e. The maximum Gasteiger partial charge on any atom is 0.350 e. The molecule has 0 aliphatic rings.